The van der Waals surface area contributed by atoms with Crippen molar-refractivity contribution in [3.05, 3.63) is 41.0 Å². The average Bonchev–Trinajstić information content (AvgIpc) is 3.08. The van der Waals surface area contributed by atoms with Gasteiger partial charge in [-0.3, -0.25) is 4.79 Å². The van der Waals surface area contributed by atoms with Gasteiger partial charge in [0, 0.05) is 13.1 Å². The van der Waals surface area contributed by atoms with E-state index in [-0.39, 0.29) is 5.76 Å². The zero-order chi connectivity index (χ0) is 14.1. The molecule has 20 heavy (non-hydrogen) atoms. The number of carbonyl (C=O) groups is 1. The maximum absolute atomic E-state index is 11.9. The van der Waals surface area contributed by atoms with Gasteiger partial charge in [-0.15, -0.1) is 0 Å². The molecule has 0 saturated carbocycles. The number of hydrogen-bond donors (Lipinski definition) is 0. The summed E-state index contributed by atoms with van der Waals surface area (Å²) in [5, 5.41) is 3.50. The number of amides is 1. The monoisotopic (exact) mass is 289 g/mol. The van der Waals surface area contributed by atoms with Crippen molar-refractivity contribution in [2.75, 3.05) is 7.11 Å². The maximum Gasteiger partial charge on any atom is 0.318 e. The average molecular weight is 289 g/mol. The van der Waals surface area contributed by atoms with Gasteiger partial charge in [0.2, 0.25) is 5.76 Å². The molecule has 0 aliphatic rings. The molecule has 0 N–H and O–H groups in total. The Labute approximate surface area is 117 Å². The molecular formula is C13H11N3O3S. The molecule has 0 bridgehead atoms. The minimum Gasteiger partial charge on any atom is -0.495 e. The first-order chi connectivity index (χ1) is 9.70. The highest BCUT2D eigenvalue weighted by Gasteiger charge is 2.12. The zero-order valence-electron chi connectivity index (χ0n) is 10.9. The van der Waals surface area contributed by atoms with Crippen LogP contribution in [0.4, 0.5) is 0 Å². The summed E-state index contributed by atoms with van der Waals surface area (Å²) in [5.41, 5.74) is 0.907. The molecule has 7 heteroatoms. The lowest BCUT2D eigenvalue weighted by Gasteiger charge is -2.02. The third-order valence-corrected chi connectivity index (χ3v) is 3.95. The van der Waals surface area contributed by atoms with Crippen LogP contribution < -0.4 is 9.54 Å². The lowest BCUT2D eigenvalue weighted by Crippen LogP contribution is -2.13. The van der Waals surface area contributed by atoms with Crippen molar-refractivity contribution >= 4 is 27.5 Å². The predicted octanol–water partition coefficient (Wildman–Crippen LogP) is 1.98. The van der Waals surface area contributed by atoms with Crippen LogP contribution in [0.15, 0.2) is 40.0 Å². The number of ether oxygens (including phenoxy) is 1. The maximum atomic E-state index is 11.9. The van der Waals surface area contributed by atoms with Crippen LogP contribution in [0, 0.1) is 0 Å². The number of aromatic nitrogens is 2. The van der Waals surface area contributed by atoms with Crippen molar-refractivity contribution in [3.63, 3.8) is 0 Å². The highest BCUT2D eigenvalue weighted by atomic mass is 32.1. The van der Waals surface area contributed by atoms with E-state index in [1.807, 2.05) is 29.8 Å². The molecule has 2 heterocycles. The van der Waals surface area contributed by atoms with Crippen LogP contribution in [0.1, 0.15) is 10.6 Å². The summed E-state index contributed by atoms with van der Waals surface area (Å²) in [5.74, 6) is 0.410. The van der Waals surface area contributed by atoms with Gasteiger partial charge in [0.25, 0.3) is 0 Å². The van der Waals surface area contributed by atoms with Crippen LogP contribution in [0.2, 0.25) is 0 Å². The number of fused-ring (bicyclic) bond motifs is 1. The van der Waals surface area contributed by atoms with E-state index in [1.165, 1.54) is 23.6 Å². The molecule has 0 atom stereocenters. The molecule has 6 nitrogen and oxygen atoms in total. The van der Waals surface area contributed by atoms with Crippen LogP contribution in [-0.2, 0) is 7.05 Å². The topological polar surface area (TPSA) is 69.6 Å². The summed E-state index contributed by atoms with van der Waals surface area (Å²) in [6.07, 6.45) is 1.41. The van der Waals surface area contributed by atoms with Gasteiger partial charge >= 0.3 is 5.91 Å². The van der Waals surface area contributed by atoms with Crippen molar-refractivity contribution in [3.8, 4) is 5.75 Å². The van der Waals surface area contributed by atoms with Gasteiger partial charge in [-0.05, 0) is 12.1 Å². The van der Waals surface area contributed by atoms with Gasteiger partial charge < -0.3 is 13.8 Å². The fourth-order valence-electron chi connectivity index (χ4n) is 1.91. The first kappa shape index (κ1) is 12.6. The number of benzene rings is 1. The number of carbonyl (C=O) groups excluding carboxylic acids is 1. The molecule has 0 unspecified atom stereocenters. The molecule has 0 saturated heterocycles. The minimum absolute atomic E-state index is 0.120. The van der Waals surface area contributed by atoms with Gasteiger partial charge in [0.15, 0.2) is 4.80 Å². The van der Waals surface area contributed by atoms with Crippen LogP contribution in [0.3, 0.4) is 0 Å². The summed E-state index contributed by atoms with van der Waals surface area (Å²) in [6.45, 7) is 0. The summed E-state index contributed by atoms with van der Waals surface area (Å²) >= 11 is 1.41. The molecule has 0 spiro atoms. The quantitative estimate of drug-likeness (QED) is 0.723. The van der Waals surface area contributed by atoms with Crippen LogP contribution in [0.5, 0.6) is 5.75 Å². The molecule has 0 fully saturated rings. The molecule has 0 aliphatic carbocycles. The number of methoxy groups -OCH3 is 1. The number of para-hydroxylation sites is 1. The van der Waals surface area contributed by atoms with Crippen LogP contribution in [0.25, 0.3) is 10.2 Å². The van der Waals surface area contributed by atoms with Gasteiger partial charge in [-0.1, -0.05) is 22.6 Å². The second kappa shape index (κ2) is 4.93. The highest BCUT2D eigenvalue weighted by Crippen LogP contribution is 2.26. The number of rotatable bonds is 2. The first-order valence-electron chi connectivity index (χ1n) is 5.83. The van der Waals surface area contributed by atoms with Gasteiger partial charge in [0.05, 0.1) is 18.0 Å². The van der Waals surface area contributed by atoms with E-state index in [9.17, 15) is 4.79 Å². The van der Waals surface area contributed by atoms with Crippen molar-refractivity contribution in [2.24, 2.45) is 12.0 Å². The van der Waals surface area contributed by atoms with E-state index >= 15 is 0 Å². The summed E-state index contributed by atoms with van der Waals surface area (Å²) in [7, 11) is 3.46. The molecule has 102 valence electrons. The van der Waals surface area contributed by atoms with E-state index in [2.05, 4.69) is 10.1 Å². The number of aryl methyl sites for hydroxylation is 1. The highest BCUT2D eigenvalue weighted by molar-refractivity contribution is 7.16. The molecule has 2 aromatic heterocycles. The Balaban J connectivity index is 2.18. The van der Waals surface area contributed by atoms with E-state index in [0.29, 0.717) is 4.80 Å². The standard InChI is InChI=1S/C13H11N3O3S/c1-16-11-8(18-2)4-3-5-10(11)20-13(16)15-12(17)9-6-7-14-19-9/h3-7H,1-2H3. The smallest absolute Gasteiger partial charge is 0.318 e. The Morgan fingerprint density at radius 2 is 2.30 bits per heavy atom. The Hall–Kier alpha value is -2.41. The molecule has 3 aromatic rings. The van der Waals surface area contributed by atoms with E-state index < -0.39 is 5.91 Å². The second-order valence-corrected chi connectivity index (χ2v) is 5.05. The zero-order valence-corrected chi connectivity index (χ0v) is 11.7. The first-order valence-corrected chi connectivity index (χ1v) is 6.64. The number of thiazole rings is 1. The largest absolute Gasteiger partial charge is 0.495 e. The minimum atomic E-state index is -0.455. The Morgan fingerprint density at radius 1 is 1.45 bits per heavy atom. The lowest BCUT2D eigenvalue weighted by atomic mass is 10.3. The molecule has 0 aliphatic heterocycles. The third kappa shape index (κ3) is 2.01. The summed E-state index contributed by atoms with van der Waals surface area (Å²) < 4.78 is 13.0. The Kier molecular flexibility index (Phi) is 3.11. The van der Waals surface area contributed by atoms with E-state index in [1.54, 1.807) is 7.11 Å². The van der Waals surface area contributed by atoms with Crippen molar-refractivity contribution < 1.29 is 14.1 Å². The molecule has 3 rings (SSSR count). The third-order valence-electron chi connectivity index (χ3n) is 2.85. The molecule has 0 radical (unpaired) electrons. The van der Waals surface area contributed by atoms with Gasteiger partial charge in [0.1, 0.15) is 11.3 Å². The second-order valence-electron chi connectivity index (χ2n) is 4.04. The van der Waals surface area contributed by atoms with Crippen molar-refractivity contribution in [1.82, 2.24) is 9.72 Å². The van der Waals surface area contributed by atoms with Crippen LogP contribution >= 0.6 is 11.3 Å². The summed E-state index contributed by atoms with van der Waals surface area (Å²) in [6, 6.07) is 7.22. The van der Waals surface area contributed by atoms with E-state index in [4.69, 9.17) is 9.26 Å². The SMILES string of the molecule is COc1cccc2sc(=NC(=O)c3ccno3)n(C)c12. The fourth-order valence-corrected chi connectivity index (χ4v) is 2.94. The van der Waals surface area contributed by atoms with E-state index in [0.717, 1.165) is 16.0 Å². The molecular weight excluding hydrogens is 278 g/mol. The van der Waals surface area contributed by atoms with Crippen molar-refractivity contribution in [2.45, 2.75) is 0 Å². The van der Waals surface area contributed by atoms with Crippen molar-refractivity contribution in [1.29, 1.82) is 0 Å². The van der Waals surface area contributed by atoms with Gasteiger partial charge in [-0.2, -0.15) is 4.99 Å². The molecule has 1 amide bonds. The number of hydrogen-bond acceptors (Lipinski definition) is 5. The molecule has 1 aromatic carbocycles. The fraction of sp³-hybridized carbons (Fsp3) is 0.154. The summed E-state index contributed by atoms with van der Waals surface area (Å²) in [4.78, 5) is 16.6. The lowest BCUT2D eigenvalue weighted by molar-refractivity contribution is 0.0962. The normalized spacial score (nSPS) is 12.0. The Bertz CT molecular complexity index is 830. The van der Waals surface area contributed by atoms with Crippen LogP contribution in [-0.4, -0.2) is 22.7 Å². The predicted molar refractivity (Wildman–Crippen MR) is 73.7 cm³/mol. The Morgan fingerprint density at radius 3 is 3.00 bits per heavy atom. The van der Waals surface area contributed by atoms with Gasteiger partial charge in [-0.25, -0.2) is 0 Å². The number of nitrogens with zero attached hydrogens (tertiary/aromatic N) is 3.